The molecule has 3 nitrogen and oxygen atoms in total. The number of thioether (sulfide) groups is 1. The van der Waals surface area contributed by atoms with Crippen LogP contribution in [0.2, 0.25) is 0 Å². The summed E-state index contributed by atoms with van der Waals surface area (Å²) in [6.07, 6.45) is 0.594. The average molecular weight is 280 g/mol. The van der Waals surface area contributed by atoms with Crippen LogP contribution in [0.3, 0.4) is 0 Å². The van der Waals surface area contributed by atoms with E-state index >= 15 is 0 Å². The number of aromatic nitrogens is 2. The Morgan fingerprint density at radius 2 is 2.35 bits per heavy atom. The van der Waals surface area contributed by atoms with E-state index in [9.17, 15) is 8.78 Å². The number of halogens is 2. The highest BCUT2D eigenvalue weighted by Crippen LogP contribution is 2.21. The molecule has 0 aliphatic heterocycles. The lowest BCUT2D eigenvalue weighted by Gasteiger charge is -1.96. The minimum atomic E-state index is -1.63. The van der Waals surface area contributed by atoms with Crippen LogP contribution >= 0.6 is 23.3 Å². The summed E-state index contributed by atoms with van der Waals surface area (Å²) in [5.41, 5.74) is 0. The van der Waals surface area contributed by atoms with Gasteiger partial charge in [0.15, 0.2) is 10.2 Å². The summed E-state index contributed by atoms with van der Waals surface area (Å²) in [5, 5.41) is 0. The Kier molecular flexibility index (Phi) is 7.30. The van der Waals surface area contributed by atoms with Crippen molar-refractivity contribution in [1.82, 2.24) is 9.36 Å². The normalized spacial score (nSPS) is 10.5. The van der Waals surface area contributed by atoms with Crippen molar-refractivity contribution in [3.8, 4) is 0 Å². The third-order valence-electron chi connectivity index (χ3n) is 1.67. The second-order valence-corrected chi connectivity index (χ2v) is 5.25. The van der Waals surface area contributed by atoms with Crippen LogP contribution in [0.4, 0.5) is 8.78 Å². The van der Waals surface area contributed by atoms with E-state index in [1.165, 1.54) is 23.3 Å². The Morgan fingerprint density at radius 1 is 1.53 bits per heavy atom. The van der Waals surface area contributed by atoms with Gasteiger partial charge in [0.25, 0.3) is 6.08 Å². The lowest BCUT2D eigenvalue weighted by molar-refractivity contribution is 0.116. The fourth-order valence-electron chi connectivity index (χ4n) is 0.977. The standard InChI is InChI=1S/C10H14F2N2OS2/c1-2-5-15-7-9-13-10(17-14-9)16-6-3-4-8(11)12/h4H,2-3,5-7H2,1H3. The molecule has 0 spiro atoms. The van der Waals surface area contributed by atoms with Gasteiger partial charge < -0.3 is 4.74 Å². The molecular weight excluding hydrogens is 266 g/mol. The Balaban J connectivity index is 2.23. The zero-order valence-corrected chi connectivity index (χ0v) is 11.1. The van der Waals surface area contributed by atoms with Crippen molar-refractivity contribution >= 4 is 23.3 Å². The molecule has 0 aliphatic carbocycles. The molecule has 17 heavy (non-hydrogen) atoms. The molecule has 1 rings (SSSR count). The molecule has 1 aromatic heterocycles. The van der Waals surface area contributed by atoms with Crippen LogP contribution in [0.5, 0.6) is 0 Å². The highest BCUT2D eigenvalue weighted by atomic mass is 32.2. The monoisotopic (exact) mass is 280 g/mol. The van der Waals surface area contributed by atoms with E-state index in [1.54, 1.807) is 0 Å². The third-order valence-corrected chi connectivity index (χ3v) is 3.58. The molecule has 0 N–H and O–H groups in total. The van der Waals surface area contributed by atoms with E-state index in [-0.39, 0.29) is 0 Å². The molecule has 0 aliphatic rings. The van der Waals surface area contributed by atoms with E-state index in [0.717, 1.165) is 16.8 Å². The summed E-state index contributed by atoms with van der Waals surface area (Å²) in [6, 6.07) is 0. The van der Waals surface area contributed by atoms with Crippen LogP contribution < -0.4 is 0 Å². The first-order chi connectivity index (χ1) is 8.22. The van der Waals surface area contributed by atoms with Gasteiger partial charge in [-0.3, -0.25) is 0 Å². The molecule has 1 heterocycles. The van der Waals surface area contributed by atoms with Crippen molar-refractivity contribution in [3.63, 3.8) is 0 Å². The van der Waals surface area contributed by atoms with Crippen molar-refractivity contribution in [3.05, 3.63) is 18.0 Å². The minimum Gasteiger partial charge on any atom is -0.373 e. The maximum Gasteiger partial charge on any atom is 0.266 e. The Hall–Kier alpha value is -0.530. The zero-order valence-electron chi connectivity index (χ0n) is 9.49. The molecule has 0 aromatic carbocycles. The molecule has 1 aromatic rings. The molecule has 0 saturated carbocycles. The highest BCUT2D eigenvalue weighted by molar-refractivity contribution is 8.00. The second-order valence-electron chi connectivity index (χ2n) is 3.16. The summed E-state index contributed by atoms with van der Waals surface area (Å²) in [7, 11) is 0. The van der Waals surface area contributed by atoms with Crippen LogP contribution in [0.25, 0.3) is 0 Å². The van der Waals surface area contributed by atoms with Crippen molar-refractivity contribution in [2.75, 3.05) is 12.4 Å². The third kappa shape index (κ3) is 6.70. The number of ether oxygens (including phenoxy) is 1. The molecule has 0 bridgehead atoms. The Bertz CT molecular complexity index is 354. The van der Waals surface area contributed by atoms with Gasteiger partial charge in [0, 0.05) is 12.4 Å². The van der Waals surface area contributed by atoms with Crippen LogP contribution in [-0.2, 0) is 11.3 Å². The van der Waals surface area contributed by atoms with E-state index < -0.39 is 6.08 Å². The average Bonchev–Trinajstić information content (AvgIpc) is 2.73. The summed E-state index contributed by atoms with van der Waals surface area (Å²) in [5.74, 6) is 1.25. The van der Waals surface area contributed by atoms with E-state index in [4.69, 9.17) is 4.74 Å². The summed E-state index contributed by atoms with van der Waals surface area (Å²) < 4.78 is 33.7. The molecule has 7 heteroatoms. The van der Waals surface area contributed by atoms with Crippen LogP contribution in [-0.4, -0.2) is 21.7 Å². The van der Waals surface area contributed by atoms with Crippen molar-refractivity contribution in [2.45, 2.75) is 30.7 Å². The number of nitrogens with zero attached hydrogens (tertiary/aromatic N) is 2. The lowest BCUT2D eigenvalue weighted by atomic mass is 10.5. The van der Waals surface area contributed by atoms with Crippen molar-refractivity contribution in [1.29, 1.82) is 0 Å². The lowest BCUT2D eigenvalue weighted by Crippen LogP contribution is -1.95. The number of hydrogen-bond donors (Lipinski definition) is 0. The van der Waals surface area contributed by atoms with Gasteiger partial charge in [-0.25, -0.2) is 4.98 Å². The van der Waals surface area contributed by atoms with Crippen LogP contribution in [0.1, 0.15) is 25.6 Å². The molecule has 0 saturated heterocycles. The van der Waals surface area contributed by atoms with Gasteiger partial charge in [0.1, 0.15) is 6.61 Å². The molecule has 0 unspecified atom stereocenters. The maximum absolute atomic E-state index is 11.7. The SMILES string of the molecule is CCCOCc1nsc(SCCC=C(F)F)n1. The molecular formula is C10H14F2N2OS2. The van der Waals surface area contributed by atoms with Crippen LogP contribution in [0.15, 0.2) is 16.5 Å². The molecule has 0 radical (unpaired) electrons. The minimum absolute atomic E-state index is 0.342. The topological polar surface area (TPSA) is 35.0 Å². The quantitative estimate of drug-likeness (QED) is 0.537. The first-order valence-corrected chi connectivity index (χ1v) is 7.02. The van der Waals surface area contributed by atoms with Crippen molar-refractivity contribution < 1.29 is 13.5 Å². The highest BCUT2D eigenvalue weighted by Gasteiger charge is 2.04. The van der Waals surface area contributed by atoms with Gasteiger partial charge in [-0.1, -0.05) is 18.7 Å². The van der Waals surface area contributed by atoms with Gasteiger partial charge in [0.2, 0.25) is 0 Å². The fraction of sp³-hybridized carbons (Fsp3) is 0.600. The largest absolute Gasteiger partial charge is 0.373 e. The Labute approximate surface area is 107 Å². The van der Waals surface area contributed by atoms with Gasteiger partial charge in [0.05, 0.1) is 0 Å². The molecule has 0 fully saturated rings. The van der Waals surface area contributed by atoms with E-state index in [2.05, 4.69) is 9.36 Å². The first kappa shape index (κ1) is 14.5. The molecule has 96 valence electrons. The number of allylic oxidation sites excluding steroid dienone is 1. The van der Waals surface area contributed by atoms with Gasteiger partial charge in [-0.15, -0.1) is 0 Å². The summed E-state index contributed by atoms with van der Waals surface area (Å²) in [6.45, 7) is 3.15. The molecule has 0 atom stereocenters. The smallest absolute Gasteiger partial charge is 0.266 e. The second kappa shape index (κ2) is 8.54. The fourth-order valence-corrected chi connectivity index (χ4v) is 2.55. The van der Waals surface area contributed by atoms with E-state index in [0.29, 0.717) is 31.2 Å². The Morgan fingerprint density at radius 3 is 3.06 bits per heavy atom. The predicted molar refractivity (Wildman–Crippen MR) is 65.5 cm³/mol. The molecule has 0 amide bonds. The van der Waals surface area contributed by atoms with E-state index in [1.807, 2.05) is 6.92 Å². The first-order valence-electron chi connectivity index (χ1n) is 5.26. The van der Waals surface area contributed by atoms with Crippen molar-refractivity contribution in [2.24, 2.45) is 0 Å². The van der Waals surface area contributed by atoms with Gasteiger partial charge in [-0.05, 0) is 30.5 Å². The number of hydrogen-bond acceptors (Lipinski definition) is 5. The zero-order chi connectivity index (χ0) is 12.5. The van der Waals surface area contributed by atoms with Crippen LogP contribution in [0, 0.1) is 0 Å². The maximum atomic E-state index is 11.7. The van der Waals surface area contributed by atoms with Gasteiger partial charge >= 0.3 is 0 Å². The van der Waals surface area contributed by atoms with Gasteiger partial charge in [-0.2, -0.15) is 13.2 Å². The number of rotatable bonds is 8. The summed E-state index contributed by atoms with van der Waals surface area (Å²) in [4.78, 5) is 4.24. The summed E-state index contributed by atoms with van der Waals surface area (Å²) >= 11 is 2.71. The predicted octanol–water partition coefficient (Wildman–Crippen LogP) is 3.73.